The van der Waals surface area contributed by atoms with Gasteiger partial charge >= 0.3 is 0 Å². The van der Waals surface area contributed by atoms with E-state index in [1.165, 1.54) is 26.2 Å². The molecule has 0 bridgehead atoms. The third kappa shape index (κ3) is 3.37. The first kappa shape index (κ1) is 13.7. The van der Waals surface area contributed by atoms with Gasteiger partial charge in [-0.25, -0.2) is 0 Å². The van der Waals surface area contributed by atoms with Gasteiger partial charge in [-0.3, -0.25) is 4.79 Å². The van der Waals surface area contributed by atoms with Gasteiger partial charge in [-0.15, -0.1) is 0 Å². The number of furan rings is 1. The van der Waals surface area contributed by atoms with E-state index in [0.717, 1.165) is 17.6 Å². The first-order valence-electron chi connectivity index (χ1n) is 6.88. The molecule has 3 nitrogen and oxygen atoms in total. The second kappa shape index (κ2) is 6.41. The molecular weight excluding hydrogens is 240 g/mol. The van der Waals surface area contributed by atoms with Crippen molar-refractivity contribution in [1.29, 1.82) is 0 Å². The van der Waals surface area contributed by atoms with Gasteiger partial charge in [-0.05, 0) is 18.6 Å². The molecule has 3 heteroatoms. The molecule has 1 heterocycles. The first-order valence-corrected chi connectivity index (χ1v) is 6.88. The molecule has 0 atom stereocenters. The molecule has 0 saturated heterocycles. The second-order valence-corrected chi connectivity index (χ2v) is 4.75. The van der Waals surface area contributed by atoms with E-state index in [0.29, 0.717) is 18.0 Å². The molecule has 0 amide bonds. The van der Waals surface area contributed by atoms with Crippen molar-refractivity contribution in [3.63, 3.8) is 0 Å². The Morgan fingerprint density at radius 3 is 2.84 bits per heavy atom. The van der Waals surface area contributed by atoms with Crippen LogP contribution in [0, 0.1) is 0 Å². The van der Waals surface area contributed by atoms with Gasteiger partial charge in [-0.2, -0.15) is 0 Å². The maximum Gasteiger partial charge on any atom is 0.194 e. The number of fused-ring (bicyclic) bond motifs is 1. The van der Waals surface area contributed by atoms with Crippen LogP contribution in [-0.2, 0) is 0 Å². The minimum absolute atomic E-state index is 0.0647. The van der Waals surface area contributed by atoms with E-state index in [-0.39, 0.29) is 5.78 Å². The van der Waals surface area contributed by atoms with Crippen LogP contribution in [0.1, 0.15) is 50.1 Å². The number of hydrogen-bond donors (Lipinski definition) is 0. The lowest BCUT2D eigenvalue weighted by Gasteiger charge is -2.06. The molecule has 2 aromatic rings. The summed E-state index contributed by atoms with van der Waals surface area (Å²) in [6.07, 6.45) is 4.69. The molecule has 0 spiro atoms. The van der Waals surface area contributed by atoms with Crippen molar-refractivity contribution >= 4 is 16.8 Å². The molecule has 0 aliphatic heterocycles. The van der Waals surface area contributed by atoms with Crippen molar-refractivity contribution < 1.29 is 13.9 Å². The number of benzene rings is 1. The van der Waals surface area contributed by atoms with Crippen molar-refractivity contribution in [2.45, 2.75) is 39.5 Å². The van der Waals surface area contributed by atoms with Crippen LogP contribution < -0.4 is 4.74 Å². The van der Waals surface area contributed by atoms with E-state index in [1.54, 1.807) is 6.07 Å². The van der Waals surface area contributed by atoms with Gasteiger partial charge in [0.25, 0.3) is 0 Å². The van der Waals surface area contributed by atoms with Gasteiger partial charge in [0.2, 0.25) is 0 Å². The average molecular weight is 260 g/mol. The van der Waals surface area contributed by atoms with Gasteiger partial charge in [0.1, 0.15) is 0 Å². The average Bonchev–Trinajstić information content (AvgIpc) is 2.83. The zero-order valence-electron chi connectivity index (χ0n) is 11.6. The largest absolute Gasteiger partial charge is 0.490 e. The molecule has 0 fully saturated rings. The number of Topliss-reactive ketones (excluding diaryl/α,β-unsaturated/α-hetero) is 1. The predicted molar refractivity (Wildman–Crippen MR) is 75.9 cm³/mol. The normalized spacial score (nSPS) is 10.8. The maximum absolute atomic E-state index is 11.3. The highest BCUT2D eigenvalue weighted by Crippen LogP contribution is 2.29. The molecule has 102 valence electrons. The Labute approximate surface area is 113 Å². The number of carbonyl (C=O) groups is 1. The molecule has 0 radical (unpaired) electrons. The fourth-order valence-corrected chi connectivity index (χ4v) is 2.03. The fourth-order valence-electron chi connectivity index (χ4n) is 2.03. The van der Waals surface area contributed by atoms with Crippen LogP contribution in [0.4, 0.5) is 0 Å². The van der Waals surface area contributed by atoms with E-state index in [9.17, 15) is 4.79 Å². The number of ether oxygens (including phenoxy) is 1. The van der Waals surface area contributed by atoms with Gasteiger partial charge in [0.05, 0.1) is 6.61 Å². The number of ketones is 1. The van der Waals surface area contributed by atoms with E-state index >= 15 is 0 Å². The van der Waals surface area contributed by atoms with E-state index in [4.69, 9.17) is 9.15 Å². The smallest absolute Gasteiger partial charge is 0.194 e. The third-order valence-corrected chi connectivity index (χ3v) is 3.11. The molecular formula is C16H20O3. The van der Waals surface area contributed by atoms with E-state index in [2.05, 4.69) is 6.92 Å². The number of hydrogen-bond acceptors (Lipinski definition) is 3. The van der Waals surface area contributed by atoms with Crippen molar-refractivity contribution in [2.75, 3.05) is 6.61 Å². The number of carbonyl (C=O) groups excluding carboxylic acids is 1. The summed E-state index contributed by atoms with van der Waals surface area (Å²) in [4.78, 5) is 11.3. The summed E-state index contributed by atoms with van der Waals surface area (Å²) in [6.45, 7) is 4.38. The van der Waals surface area contributed by atoms with Crippen LogP contribution >= 0.6 is 0 Å². The first-order chi connectivity index (χ1) is 9.22. The zero-order chi connectivity index (χ0) is 13.7. The Bertz CT molecular complexity index is 554. The maximum atomic E-state index is 11.3. The Kier molecular flexibility index (Phi) is 4.61. The molecule has 2 rings (SSSR count). The Morgan fingerprint density at radius 2 is 2.11 bits per heavy atom. The zero-order valence-corrected chi connectivity index (χ0v) is 11.6. The van der Waals surface area contributed by atoms with Crippen LogP contribution in [0.2, 0.25) is 0 Å². The summed E-state index contributed by atoms with van der Waals surface area (Å²) in [5.41, 5.74) is 0.670. The van der Waals surface area contributed by atoms with Crippen LogP contribution in [0.25, 0.3) is 11.0 Å². The molecule has 0 aliphatic carbocycles. The topological polar surface area (TPSA) is 39.4 Å². The predicted octanol–water partition coefficient (Wildman–Crippen LogP) is 4.59. The SMILES string of the molecule is CCCCCCOc1cccc2cc(C(C)=O)oc12. The Hall–Kier alpha value is -1.77. The van der Waals surface area contributed by atoms with E-state index < -0.39 is 0 Å². The summed E-state index contributed by atoms with van der Waals surface area (Å²) in [5, 5.41) is 0.913. The van der Waals surface area contributed by atoms with E-state index in [1.807, 2.05) is 18.2 Å². The molecule has 0 unspecified atom stereocenters. The monoisotopic (exact) mass is 260 g/mol. The summed E-state index contributed by atoms with van der Waals surface area (Å²) >= 11 is 0. The lowest BCUT2D eigenvalue weighted by molar-refractivity contribution is 0.0989. The van der Waals surface area contributed by atoms with Crippen molar-refractivity contribution in [1.82, 2.24) is 0 Å². The standard InChI is InChI=1S/C16H20O3/c1-3-4-5-6-10-18-14-9-7-8-13-11-15(12(2)17)19-16(13)14/h7-9,11H,3-6,10H2,1-2H3. The third-order valence-electron chi connectivity index (χ3n) is 3.11. The highest BCUT2D eigenvalue weighted by atomic mass is 16.5. The summed E-state index contributed by atoms with van der Waals surface area (Å²) in [7, 11) is 0. The minimum Gasteiger partial charge on any atom is -0.490 e. The molecule has 19 heavy (non-hydrogen) atoms. The van der Waals surface area contributed by atoms with Crippen molar-refractivity contribution in [2.24, 2.45) is 0 Å². The van der Waals surface area contributed by atoms with Crippen molar-refractivity contribution in [3.05, 3.63) is 30.0 Å². The van der Waals surface area contributed by atoms with Crippen molar-refractivity contribution in [3.8, 4) is 5.75 Å². The van der Waals surface area contributed by atoms with Gasteiger partial charge in [0.15, 0.2) is 22.9 Å². The molecule has 0 N–H and O–H groups in total. The molecule has 1 aromatic carbocycles. The summed E-state index contributed by atoms with van der Waals surface area (Å²) < 4.78 is 11.3. The van der Waals surface area contributed by atoms with Crippen LogP contribution in [0.3, 0.4) is 0 Å². The summed E-state index contributed by atoms with van der Waals surface area (Å²) in [6, 6.07) is 7.50. The quantitative estimate of drug-likeness (QED) is 0.539. The lowest BCUT2D eigenvalue weighted by Crippen LogP contribution is -1.97. The Balaban J connectivity index is 2.07. The van der Waals surface area contributed by atoms with Gasteiger partial charge < -0.3 is 9.15 Å². The number of para-hydroxylation sites is 1. The van der Waals surface area contributed by atoms with Crippen LogP contribution in [0.5, 0.6) is 5.75 Å². The summed E-state index contributed by atoms with van der Waals surface area (Å²) in [5.74, 6) is 1.05. The number of unbranched alkanes of at least 4 members (excludes halogenated alkanes) is 3. The lowest BCUT2D eigenvalue weighted by atomic mass is 10.2. The second-order valence-electron chi connectivity index (χ2n) is 4.75. The van der Waals surface area contributed by atoms with Crippen LogP contribution in [-0.4, -0.2) is 12.4 Å². The Morgan fingerprint density at radius 1 is 1.26 bits per heavy atom. The molecule has 0 aliphatic rings. The van der Waals surface area contributed by atoms with Gasteiger partial charge in [0, 0.05) is 12.3 Å². The van der Waals surface area contributed by atoms with Crippen LogP contribution in [0.15, 0.2) is 28.7 Å². The fraction of sp³-hybridized carbons (Fsp3) is 0.438. The molecule has 1 aromatic heterocycles. The molecule has 0 saturated carbocycles. The van der Waals surface area contributed by atoms with Gasteiger partial charge in [-0.1, -0.05) is 38.3 Å². The highest BCUT2D eigenvalue weighted by Gasteiger charge is 2.11. The number of rotatable bonds is 7. The minimum atomic E-state index is -0.0647. The highest BCUT2D eigenvalue weighted by molar-refractivity contribution is 5.97.